The number of benzene rings is 2. The largest absolute Gasteiger partial charge is 0.360 e. The second-order valence-corrected chi connectivity index (χ2v) is 6.02. The molecule has 3 nitrogen and oxygen atoms in total. The Balaban J connectivity index is 1.80. The van der Waals surface area contributed by atoms with Gasteiger partial charge in [0.05, 0.1) is 5.56 Å². The van der Waals surface area contributed by atoms with Crippen molar-refractivity contribution in [1.82, 2.24) is 4.98 Å². The monoisotopic (exact) mass is 310 g/mol. The highest BCUT2D eigenvalue weighted by Crippen LogP contribution is 2.30. The fraction of sp³-hybridized carbons (Fsp3) is 0.167. The summed E-state index contributed by atoms with van der Waals surface area (Å²) in [5.74, 6) is 0.0284. The van der Waals surface area contributed by atoms with Crippen LogP contribution in [0.4, 0.5) is 5.69 Å². The molecule has 0 unspecified atom stereocenters. The lowest BCUT2D eigenvalue weighted by atomic mass is 10.0. The molecule has 0 atom stereocenters. The van der Waals surface area contributed by atoms with E-state index in [2.05, 4.69) is 11.1 Å². The Bertz CT molecular complexity index is 868. The van der Waals surface area contributed by atoms with Gasteiger partial charge < -0.3 is 9.88 Å². The molecule has 1 amide bonds. The van der Waals surface area contributed by atoms with Crippen LogP contribution in [-0.4, -0.2) is 17.4 Å². The van der Waals surface area contributed by atoms with E-state index in [4.69, 9.17) is 11.6 Å². The minimum atomic E-state index is 0.0284. The topological polar surface area (TPSA) is 36.1 Å². The molecule has 1 aromatic heterocycles. The van der Waals surface area contributed by atoms with Crippen molar-refractivity contribution in [3.05, 3.63) is 64.8 Å². The lowest BCUT2D eigenvalue weighted by Crippen LogP contribution is -2.35. The minimum absolute atomic E-state index is 0.0284. The van der Waals surface area contributed by atoms with Crippen molar-refractivity contribution in [3.63, 3.8) is 0 Å². The molecule has 0 saturated carbocycles. The van der Waals surface area contributed by atoms with E-state index in [1.165, 1.54) is 5.56 Å². The van der Waals surface area contributed by atoms with Crippen LogP contribution in [0.3, 0.4) is 0 Å². The Morgan fingerprint density at radius 2 is 2.05 bits per heavy atom. The molecular formula is C18H15ClN2O. The molecule has 4 heteroatoms. The minimum Gasteiger partial charge on any atom is -0.360 e. The number of H-pyrrole nitrogens is 1. The van der Waals surface area contributed by atoms with E-state index in [9.17, 15) is 4.79 Å². The Hall–Kier alpha value is -2.26. The van der Waals surface area contributed by atoms with Crippen LogP contribution >= 0.6 is 11.6 Å². The van der Waals surface area contributed by atoms with Gasteiger partial charge in [-0.15, -0.1) is 0 Å². The summed E-state index contributed by atoms with van der Waals surface area (Å²) in [7, 11) is 0. The Labute approximate surface area is 133 Å². The van der Waals surface area contributed by atoms with Crippen LogP contribution in [0.1, 0.15) is 22.3 Å². The third-order valence-electron chi connectivity index (χ3n) is 4.23. The number of carbonyl (C=O) groups is 1. The van der Waals surface area contributed by atoms with Gasteiger partial charge in [-0.3, -0.25) is 4.79 Å². The number of anilines is 1. The van der Waals surface area contributed by atoms with Crippen LogP contribution in [-0.2, 0) is 6.42 Å². The van der Waals surface area contributed by atoms with Gasteiger partial charge in [-0.2, -0.15) is 0 Å². The third-order valence-corrected chi connectivity index (χ3v) is 4.46. The zero-order valence-electron chi connectivity index (χ0n) is 12.0. The van der Waals surface area contributed by atoms with Crippen molar-refractivity contribution in [2.45, 2.75) is 12.8 Å². The predicted molar refractivity (Wildman–Crippen MR) is 89.7 cm³/mol. The quantitative estimate of drug-likeness (QED) is 0.710. The number of nitrogens with zero attached hydrogens (tertiary/aromatic N) is 1. The van der Waals surface area contributed by atoms with E-state index < -0.39 is 0 Å². The van der Waals surface area contributed by atoms with E-state index >= 15 is 0 Å². The number of fused-ring (bicyclic) bond motifs is 2. The van der Waals surface area contributed by atoms with Crippen molar-refractivity contribution in [1.29, 1.82) is 0 Å². The summed E-state index contributed by atoms with van der Waals surface area (Å²) < 4.78 is 0. The number of para-hydroxylation sites is 1. The first-order chi connectivity index (χ1) is 10.7. The highest BCUT2D eigenvalue weighted by Gasteiger charge is 2.25. The molecular weight excluding hydrogens is 296 g/mol. The summed E-state index contributed by atoms with van der Waals surface area (Å²) in [5.41, 5.74) is 3.86. The van der Waals surface area contributed by atoms with E-state index in [0.717, 1.165) is 36.0 Å². The average molecular weight is 311 g/mol. The second kappa shape index (κ2) is 5.18. The van der Waals surface area contributed by atoms with Crippen LogP contribution in [0, 0.1) is 0 Å². The van der Waals surface area contributed by atoms with Crippen molar-refractivity contribution in [3.8, 4) is 0 Å². The number of aromatic nitrogens is 1. The Kier molecular flexibility index (Phi) is 3.16. The third kappa shape index (κ3) is 2.09. The zero-order valence-corrected chi connectivity index (χ0v) is 12.7. The van der Waals surface area contributed by atoms with Crippen molar-refractivity contribution in [2.24, 2.45) is 0 Å². The molecule has 2 aromatic carbocycles. The van der Waals surface area contributed by atoms with Gasteiger partial charge in [0.25, 0.3) is 5.91 Å². The molecule has 0 aliphatic carbocycles. The number of rotatable bonds is 1. The molecule has 0 fully saturated rings. The number of hydrogen-bond donors (Lipinski definition) is 1. The van der Waals surface area contributed by atoms with Crippen molar-refractivity contribution < 1.29 is 4.79 Å². The molecule has 0 saturated heterocycles. The van der Waals surface area contributed by atoms with Gasteiger partial charge in [0.2, 0.25) is 0 Å². The van der Waals surface area contributed by atoms with Crippen LogP contribution in [0.5, 0.6) is 0 Å². The smallest absolute Gasteiger partial charge is 0.260 e. The van der Waals surface area contributed by atoms with Crippen LogP contribution in [0.2, 0.25) is 5.02 Å². The van der Waals surface area contributed by atoms with Gasteiger partial charge in [-0.05, 0) is 42.7 Å². The number of carbonyl (C=O) groups excluding carboxylic acids is 1. The first-order valence-electron chi connectivity index (χ1n) is 7.40. The maximum absolute atomic E-state index is 13.0. The normalized spacial score (nSPS) is 14.1. The van der Waals surface area contributed by atoms with Crippen LogP contribution in [0.25, 0.3) is 10.9 Å². The fourth-order valence-corrected chi connectivity index (χ4v) is 3.33. The van der Waals surface area contributed by atoms with E-state index in [1.807, 2.05) is 41.3 Å². The maximum Gasteiger partial charge on any atom is 0.260 e. The van der Waals surface area contributed by atoms with Gasteiger partial charge >= 0.3 is 0 Å². The number of hydrogen-bond acceptors (Lipinski definition) is 1. The molecule has 0 radical (unpaired) electrons. The first-order valence-corrected chi connectivity index (χ1v) is 7.78. The molecule has 3 aromatic rings. The van der Waals surface area contributed by atoms with Crippen molar-refractivity contribution in [2.75, 3.05) is 11.4 Å². The summed E-state index contributed by atoms with van der Waals surface area (Å²) in [6.07, 6.45) is 3.80. The maximum atomic E-state index is 13.0. The fourth-order valence-electron chi connectivity index (χ4n) is 3.16. The number of aromatic amines is 1. The SMILES string of the molecule is O=C(c1c[nH]c2ccc(Cl)cc12)N1CCCc2ccccc21. The highest BCUT2D eigenvalue weighted by atomic mass is 35.5. The first kappa shape index (κ1) is 13.4. The summed E-state index contributed by atoms with van der Waals surface area (Å²) in [6.45, 7) is 0.753. The number of amides is 1. The molecule has 1 N–H and O–H groups in total. The Morgan fingerprint density at radius 3 is 2.95 bits per heavy atom. The van der Waals surface area contributed by atoms with Crippen LogP contribution in [0.15, 0.2) is 48.7 Å². The molecule has 110 valence electrons. The second-order valence-electron chi connectivity index (χ2n) is 5.58. The summed E-state index contributed by atoms with van der Waals surface area (Å²) >= 11 is 6.08. The molecule has 2 heterocycles. The van der Waals surface area contributed by atoms with Gasteiger partial charge in [-0.1, -0.05) is 29.8 Å². The highest BCUT2D eigenvalue weighted by molar-refractivity contribution is 6.31. The molecule has 1 aliphatic heterocycles. The molecule has 1 aliphatic rings. The molecule has 4 rings (SSSR count). The van der Waals surface area contributed by atoms with Gasteiger partial charge in [0.15, 0.2) is 0 Å². The molecule has 0 bridgehead atoms. The lowest BCUT2D eigenvalue weighted by molar-refractivity contribution is 0.0986. The zero-order chi connectivity index (χ0) is 15.1. The summed E-state index contributed by atoms with van der Waals surface area (Å²) in [4.78, 5) is 18.0. The molecule has 0 spiro atoms. The van der Waals surface area contributed by atoms with E-state index in [-0.39, 0.29) is 5.91 Å². The lowest BCUT2D eigenvalue weighted by Gasteiger charge is -2.29. The number of halogens is 1. The van der Waals surface area contributed by atoms with E-state index in [1.54, 1.807) is 6.20 Å². The predicted octanol–water partition coefficient (Wildman–Crippen LogP) is 4.41. The van der Waals surface area contributed by atoms with E-state index in [0.29, 0.717) is 10.6 Å². The number of nitrogens with one attached hydrogen (secondary N) is 1. The van der Waals surface area contributed by atoms with Gasteiger partial charge in [-0.25, -0.2) is 0 Å². The summed E-state index contributed by atoms with van der Waals surface area (Å²) in [5, 5.41) is 1.51. The van der Waals surface area contributed by atoms with Gasteiger partial charge in [0, 0.05) is 34.4 Å². The average Bonchev–Trinajstić information content (AvgIpc) is 2.96. The standard InChI is InChI=1S/C18H15ClN2O/c19-13-7-8-16-14(10-13)15(11-20-16)18(22)21-9-3-5-12-4-1-2-6-17(12)21/h1-2,4,6-8,10-11,20H,3,5,9H2. The summed E-state index contributed by atoms with van der Waals surface area (Å²) in [6, 6.07) is 13.7. The van der Waals surface area contributed by atoms with Crippen LogP contribution < -0.4 is 4.90 Å². The number of aryl methyl sites for hydroxylation is 1. The Morgan fingerprint density at radius 1 is 1.18 bits per heavy atom. The van der Waals surface area contributed by atoms with Crippen molar-refractivity contribution >= 4 is 34.1 Å². The molecule has 22 heavy (non-hydrogen) atoms. The van der Waals surface area contributed by atoms with Gasteiger partial charge in [0.1, 0.15) is 0 Å².